The highest BCUT2D eigenvalue weighted by atomic mass is 32.2. The SMILES string of the molecule is CC1CCCN(S(=O)(=O)c2ccc(CC(N)=S)cc2)C1C. The molecule has 1 aliphatic rings. The van der Waals surface area contributed by atoms with Gasteiger partial charge in [-0.05, 0) is 43.4 Å². The van der Waals surface area contributed by atoms with Crippen LogP contribution in [0.1, 0.15) is 32.3 Å². The van der Waals surface area contributed by atoms with Crippen molar-refractivity contribution in [1.82, 2.24) is 4.31 Å². The largest absolute Gasteiger partial charge is 0.393 e. The topological polar surface area (TPSA) is 63.4 Å². The zero-order valence-electron chi connectivity index (χ0n) is 12.5. The molecule has 1 heterocycles. The Kier molecular flexibility index (Phi) is 5.01. The monoisotopic (exact) mass is 326 g/mol. The maximum Gasteiger partial charge on any atom is 0.243 e. The summed E-state index contributed by atoms with van der Waals surface area (Å²) in [5.74, 6) is 0.391. The molecule has 1 saturated heterocycles. The molecule has 0 saturated carbocycles. The minimum atomic E-state index is -3.42. The van der Waals surface area contributed by atoms with Crippen LogP contribution in [0.5, 0.6) is 0 Å². The van der Waals surface area contributed by atoms with Gasteiger partial charge in [-0.1, -0.05) is 31.3 Å². The van der Waals surface area contributed by atoms with Gasteiger partial charge >= 0.3 is 0 Å². The van der Waals surface area contributed by atoms with Crippen molar-refractivity contribution in [2.45, 2.75) is 44.0 Å². The van der Waals surface area contributed by atoms with E-state index in [1.54, 1.807) is 28.6 Å². The summed E-state index contributed by atoms with van der Waals surface area (Å²) in [6.45, 7) is 4.70. The molecule has 2 unspecified atom stereocenters. The Bertz CT molecular complexity index is 611. The van der Waals surface area contributed by atoms with Crippen LogP contribution in [0.25, 0.3) is 0 Å². The van der Waals surface area contributed by atoms with E-state index < -0.39 is 10.0 Å². The molecule has 1 aromatic carbocycles. The molecule has 0 aromatic heterocycles. The van der Waals surface area contributed by atoms with E-state index in [1.165, 1.54) is 0 Å². The molecular formula is C15H22N2O2S2. The zero-order chi connectivity index (χ0) is 15.6. The van der Waals surface area contributed by atoms with Crippen LogP contribution in [0.15, 0.2) is 29.2 Å². The second-order valence-corrected chi connectivity index (χ2v) is 8.18. The summed E-state index contributed by atoms with van der Waals surface area (Å²) in [7, 11) is -3.42. The molecule has 6 heteroatoms. The number of piperidine rings is 1. The highest BCUT2D eigenvalue weighted by Crippen LogP contribution is 2.28. The number of benzene rings is 1. The number of sulfonamides is 1. The highest BCUT2D eigenvalue weighted by molar-refractivity contribution is 7.89. The van der Waals surface area contributed by atoms with Crippen LogP contribution in [0.2, 0.25) is 0 Å². The van der Waals surface area contributed by atoms with Gasteiger partial charge in [0.05, 0.1) is 9.88 Å². The van der Waals surface area contributed by atoms with Gasteiger partial charge in [0.2, 0.25) is 10.0 Å². The number of nitrogens with zero attached hydrogens (tertiary/aromatic N) is 1. The third kappa shape index (κ3) is 3.62. The lowest BCUT2D eigenvalue weighted by molar-refractivity contribution is 0.202. The summed E-state index contributed by atoms with van der Waals surface area (Å²) in [4.78, 5) is 0.749. The zero-order valence-corrected chi connectivity index (χ0v) is 14.1. The lowest BCUT2D eigenvalue weighted by Gasteiger charge is -2.36. The van der Waals surface area contributed by atoms with Crippen molar-refractivity contribution in [3.05, 3.63) is 29.8 Å². The van der Waals surface area contributed by atoms with Crippen molar-refractivity contribution >= 4 is 27.2 Å². The Morgan fingerprint density at radius 1 is 1.33 bits per heavy atom. The molecular weight excluding hydrogens is 304 g/mol. The maximum atomic E-state index is 12.8. The van der Waals surface area contributed by atoms with E-state index >= 15 is 0 Å². The molecule has 2 rings (SSSR count). The van der Waals surface area contributed by atoms with Gasteiger partial charge in [0.15, 0.2) is 0 Å². The van der Waals surface area contributed by atoms with Crippen LogP contribution >= 0.6 is 12.2 Å². The normalized spacial score (nSPS) is 23.9. The number of thiocarbonyl (C=S) groups is 1. The van der Waals surface area contributed by atoms with Gasteiger partial charge in [0.1, 0.15) is 0 Å². The first kappa shape index (κ1) is 16.4. The van der Waals surface area contributed by atoms with Gasteiger partial charge in [-0.15, -0.1) is 0 Å². The van der Waals surface area contributed by atoms with E-state index in [9.17, 15) is 8.42 Å². The summed E-state index contributed by atoms with van der Waals surface area (Å²) >= 11 is 4.87. The van der Waals surface area contributed by atoms with Crippen LogP contribution in [0, 0.1) is 5.92 Å². The number of hydrogen-bond donors (Lipinski definition) is 1. The van der Waals surface area contributed by atoms with Crippen molar-refractivity contribution in [2.24, 2.45) is 11.7 Å². The molecule has 1 fully saturated rings. The first-order valence-electron chi connectivity index (χ1n) is 7.21. The summed E-state index contributed by atoms with van der Waals surface area (Å²) < 4.78 is 27.1. The number of nitrogens with two attached hydrogens (primary N) is 1. The fourth-order valence-electron chi connectivity index (χ4n) is 2.75. The summed E-state index contributed by atoms with van der Waals surface area (Å²) in [6.07, 6.45) is 2.50. The Balaban J connectivity index is 2.25. The maximum absolute atomic E-state index is 12.8. The Morgan fingerprint density at radius 3 is 2.52 bits per heavy atom. The second kappa shape index (κ2) is 6.42. The van der Waals surface area contributed by atoms with Crippen LogP contribution in [0.3, 0.4) is 0 Å². The van der Waals surface area contributed by atoms with Gasteiger partial charge in [0, 0.05) is 19.0 Å². The van der Waals surface area contributed by atoms with E-state index in [0.717, 1.165) is 18.4 Å². The molecule has 4 nitrogen and oxygen atoms in total. The molecule has 2 atom stereocenters. The van der Waals surface area contributed by atoms with Gasteiger partial charge in [-0.3, -0.25) is 0 Å². The second-order valence-electron chi connectivity index (χ2n) is 5.76. The van der Waals surface area contributed by atoms with Gasteiger partial charge < -0.3 is 5.73 Å². The van der Waals surface area contributed by atoms with Gasteiger partial charge in [0.25, 0.3) is 0 Å². The molecule has 2 N–H and O–H groups in total. The summed E-state index contributed by atoms with van der Waals surface area (Å²) in [5.41, 5.74) is 6.44. The van der Waals surface area contributed by atoms with E-state index in [-0.39, 0.29) is 6.04 Å². The fourth-order valence-corrected chi connectivity index (χ4v) is 4.69. The van der Waals surface area contributed by atoms with Crippen molar-refractivity contribution < 1.29 is 8.42 Å². The molecule has 1 aromatic rings. The van der Waals surface area contributed by atoms with Crippen LogP contribution in [0.4, 0.5) is 0 Å². The molecule has 0 amide bonds. The molecule has 0 bridgehead atoms. The number of hydrogen-bond acceptors (Lipinski definition) is 3. The quantitative estimate of drug-likeness (QED) is 0.863. The molecule has 116 valence electrons. The third-order valence-corrected chi connectivity index (χ3v) is 6.37. The lowest BCUT2D eigenvalue weighted by atomic mass is 9.94. The predicted molar refractivity (Wildman–Crippen MR) is 88.7 cm³/mol. The summed E-state index contributed by atoms with van der Waals surface area (Å²) in [5, 5.41) is 0. The predicted octanol–water partition coefficient (Wildman–Crippen LogP) is 2.32. The fraction of sp³-hybridized carbons (Fsp3) is 0.533. The van der Waals surface area contributed by atoms with Crippen molar-refractivity contribution in [2.75, 3.05) is 6.54 Å². The molecule has 0 spiro atoms. The standard InChI is InChI=1S/C15H22N2O2S2/c1-11-4-3-9-17(12(11)2)21(18,19)14-7-5-13(6-8-14)10-15(16)20/h5-8,11-12H,3-4,9-10H2,1-2H3,(H2,16,20). The molecule has 21 heavy (non-hydrogen) atoms. The minimum absolute atomic E-state index is 0.0417. The van der Waals surface area contributed by atoms with Gasteiger partial charge in [-0.2, -0.15) is 4.31 Å². The Morgan fingerprint density at radius 2 is 1.95 bits per heavy atom. The molecule has 1 aliphatic heterocycles. The van der Waals surface area contributed by atoms with E-state index in [1.807, 2.05) is 6.92 Å². The van der Waals surface area contributed by atoms with Crippen molar-refractivity contribution in [3.8, 4) is 0 Å². The van der Waals surface area contributed by atoms with E-state index in [2.05, 4.69) is 6.92 Å². The van der Waals surface area contributed by atoms with Crippen molar-refractivity contribution in [1.29, 1.82) is 0 Å². The van der Waals surface area contributed by atoms with Crippen LogP contribution in [-0.2, 0) is 16.4 Å². The van der Waals surface area contributed by atoms with Crippen molar-refractivity contribution in [3.63, 3.8) is 0 Å². The smallest absolute Gasteiger partial charge is 0.243 e. The molecule has 0 aliphatic carbocycles. The van der Waals surface area contributed by atoms with Crippen LogP contribution in [-0.4, -0.2) is 30.3 Å². The Labute approximate surface area is 132 Å². The lowest BCUT2D eigenvalue weighted by Crippen LogP contribution is -2.45. The Hall–Kier alpha value is -0.980. The average molecular weight is 326 g/mol. The van der Waals surface area contributed by atoms with Crippen LogP contribution < -0.4 is 5.73 Å². The average Bonchev–Trinajstić information content (AvgIpc) is 2.41. The summed E-state index contributed by atoms with van der Waals surface area (Å²) in [6, 6.07) is 6.90. The number of rotatable bonds is 4. The van der Waals surface area contributed by atoms with Gasteiger partial charge in [-0.25, -0.2) is 8.42 Å². The highest BCUT2D eigenvalue weighted by Gasteiger charge is 2.34. The first-order valence-corrected chi connectivity index (χ1v) is 9.06. The molecule has 0 radical (unpaired) electrons. The minimum Gasteiger partial charge on any atom is -0.393 e. The van der Waals surface area contributed by atoms with E-state index in [0.29, 0.717) is 28.8 Å². The third-order valence-electron chi connectivity index (χ3n) is 4.22. The first-order chi connectivity index (χ1) is 9.82. The van der Waals surface area contributed by atoms with E-state index in [4.69, 9.17) is 18.0 Å².